The van der Waals surface area contributed by atoms with Crippen LogP contribution in [0.25, 0.3) is 0 Å². The molecule has 0 aromatic heterocycles. The van der Waals surface area contributed by atoms with Crippen LogP contribution in [0.3, 0.4) is 0 Å². The number of rotatable bonds is 2. The van der Waals surface area contributed by atoms with Crippen LogP contribution in [0.4, 0.5) is 0 Å². The molecule has 1 rings (SSSR count). The van der Waals surface area contributed by atoms with Gasteiger partial charge in [0.05, 0.1) is 27.1 Å². The van der Waals surface area contributed by atoms with Gasteiger partial charge in [-0.3, -0.25) is 0 Å². The third-order valence-electron chi connectivity index (χ3n) is 2.61. The number of hydrogen-bond donors (Lipinski definition) is 0. The molecule has 6 nitrogen and oxygen atoms in total. The van der Waals surface area contributed by atoms with Gasteiger partial charge in [0.25, 0.3) is 5.60 Å². The normalized spacial score (nSPS) is 24.8. The van der Waals surface area contributed by atoms with E-state index in [9.17, 15) is 9.59 Å². The monoisotopic (exact) mass is 244 g/mol. The Labute approximate surface area is 99.5 Å². The molecule has 0 aromatic carbocycles. The molecule has 1 aliphatic rings. The van der Waals surface area contributed by atoms with Gasteiger partial charge in [-0.1, -0.05) is 6.92 Å². The molecule has 0 bridgehead atoms. The van der Waals surface area contributed by atoms with Gasteiger partial charge in [-0.2, -0.15) is 0 Å². The molecule has 0 aliphatic carbocycles. The molecule has 6 heteroatoms. The fraction of sp³-hybridized carbons (Fsp3) is 0.636. The lowest BCUT2D eigenvalue weighted by Gasteiger charge is -2.32. The van der Waals surface area contributed by atoms with Crippen molar-refractivity contribution in [3.05, 3.63) is 12.3 Å². The highest BCUT2D eigenvalue weighted by atomic mass is 16.6. The first kappa shape index (κ1) is 13.5. The van der Waals surface area contributed by atoms with Gasteiger partial charge >= 0.3 is 11.9 Å². The molecular weight excluding hydrogens is 228 g/mol. The highest BCUT2D eigenvalue weighted by molar-refractivity contribution is 6.04. The Balaban J connectivity index is 3.16. The molecule has 0 fully saturated rings. The van der Waals surface area contributed by atoms with E-state index in [0.717, 1.165) is 0 Å². The van der Waals surface area contributed by atoms with Gasteiger partial charge < -0.3 is 18.9 Å². The van der Waals surface area contributed by atoms with Crippen LogP contribution in [-0.2, 0) is 28.5 Å². The zero-order chi connectivity index (χ0) is 12.9. The van der Waals surface area contributed by atoms with Gasteiger partial charge in [0, 0.05) is 5.92 Å². The topological polar surface area (TPSA) is 71.1 Å². The number of carbonyl (C=O) groups is 2. The molecule has 1 heterocycles. The van der Waals surface area contributed by atoms with E-state index in [1.54, 1.807) is 13.0 Å². The Morgan fingerprint density at radius 1 is 1.24 bits per heavy atom. The molecule has 0 radical (unpaired) electrons. The SMILES string of the molecule is COC(=O)C1(C(=O)OC)OCCO/C=C\C1C. The first-order chi connectivity index (χ1) is 8.09. The van der Waals surface area contributed by atoms with Crippen molar-refractivity contribution in [1.82, 2.24) is 0 Å². The number of ether oxygens (including phenoxy) is 4. The molecule has 1 aliphatic heterocycles. The van der Waals surface area contributed by atoms with Crippen molar-refractivity contribution in [3.63, 3.8) is 0 Å². The standard InChI is InChI=1S/C11H16O6/c1-8-4-5-16-6-7-17-11(8,9(12)14-2)10(13)15-3/h4-5,8H,6-7H2,1-3H3/b5-4-. The molecule has 1 unspecified atom stereocenters. The van der Waals surface area contributed by atoms with Crippen molar-refractivity contribution in [3.8, 4) is 0 Å². The van der Waals surface area contributed by atoms with Crippen LogP contribution >= 0.6 is 0 Å². The summed E-state index contributed by atoms with van der Waals surface area (Å²) in [6.45, 7) is 2.00. The second-order valence-electron chi connectivity index (χ2n) is 3.56. The lowest BCUT2D eigenvalue weighted by atomic mass is 9.88. The van der Waals surface area contributed by atoms with Crippen molar-refractivity contribution in [2.24, 2.45) is 5.92 Å². The predicted octanol–water partition coefficient (Wildman–Crippen LogP) is 0.268. The second kappa shape index (κ2) is 5.67. The Morgan fingerprint density at radius 3 is 2.35 bits per heavy atom. The van der Waals surface area contributed by atoms with Crippen LogP contribution < -0.4 is 0 Å². The van der Waals surface area contributed by atoms with E-state index in [4.69, 9.17) is 9.47 Å². The minimum Gasteiger partial charge on any atom is -0.499 e. The number of esters is 2. The summed E-state index contributed by atoms with van der Waals surface area (Å²) in [5.41, 5.74) is -1.76. The lowest BCUT2D eigenvalue weighted by molar-refractivity contribution is -0.195. The molecule has 17 heavy (non-hydrogen) atoms. The third-order valence-corrected chi connectivity index (χ3v) is 2.61. The van der Waals surface area contributed by atoms with E-state index in [1.165, 1.54) is 20.5 Å². The number of carbonyl (C=O) groups excluding carboxylic acids is 2. The van der Waals surface area contributed by atoms with Gasteiger partial charge in [0.2, 0.25) is 0 Å². The Hall–Kier alpha value is -1.56. The Morgan fingerprint density at radius 2 is 1.82 bits per heavy atom. The zero-order valence-electron chi connectivity index (χ0n) is 10.1. The molecule has 96 valence electrons. The smallest absolute Gasteiger partial charge is 0.350 e. The molecule has 1 atom stereocenters. The van der Waals surface area contributed by atoms with E-state index in [2.05, 4.69) is 9.47 Å². The van der Waals surface area contributed by atoms with E-state index < -0.39 is 23.5 Å². The Bertz CT molecular complexity index is 306. The summed E-state index contributed by atoms with van der Waals surface area (Å²) >= 11 is 0. The van der Waals surface area contributed by atoms with Gasteiger partial charge in [0.15, 0.2) is 0 Å². The van der Waals surface area contributed by atoms with Crippen LogP contribution in [-0.4, -0.2) is 45.0 Å². The molecule has 0 aromatic rings. The largest absolute Gasteiger partial charge is 0.499 e. The fourth-order valence-electron chi connectivity index (χ4n) is 1.64. The van der Waals surface area contributed by atoms with E-state index in [1.807, 2.05) is 0 Å². The number of methoxy groups -OCH3 is 2. The van der Waals surface area contributed by atoms with Crippen molar-refractivity contribution in [2.75, 3.05) is 27.4 Å². The maximum atomic E-state index is 11.8. The molecule has 0 saturated carbocycles. The van der Waals surface area contributed by atoms with E-state index in [-0.39, 0.29) is 13.2 Å². The summed E-state index contributed by atoms with van der Waals surface area (Å²) in [6, 6.07) is 0. The van der Waals surface area contributed by atoms with Crippen molar-refractivity contribution >= 4 is 11.9 Å². The average Bonchev–Trinajstić information content (AvgIpc) is 2.33. The number of hydrogen-bond acceptors (Lipinski definition) is 6. The summed E-state index contributed by atoms with van der Waals surface area (Å²) in [4.78, 5) is 23.7. The molecular formula is C11H16O6. The average molecular weight is 244 g/mol. The lowest BCUT2D eigenvalue weighted by Crippen LogP contribution is -2.55. The van der Waals surface area contributed by atoms with Gasteiger partial charge in [-0.25, -0.2) is 9.59 Å². The maximum Gasteiger partial charge on any atom is 0.350 e. The predicted molar refractivity (Wildman–Crippen MR) is 57.0 cm³/mol. The van der Waals surface area contributed by atoms with Gasteiger partial charge in [-0.15, -0.1) is 0 Å². The zero-order valence-corrected chi connectivity index (χ0v) is 10.1. The van der Waals surface area contributed by atoms with Crippen LogP contribution in [0.5, 0.6) is 0 Å². The van der Waals surface area contributed by atoms with Gasteiger partial charge in [-0.05, 0) is 6.08 Å². The molecule has 0 saturated heterocycles. The Kier molecular flexibility index (Phi) is 4.51. The summed E-state index contributed by atoms with van der Waals surface area (Å²) in [6.07, 6.45) is 3.00. The summed E-state index contributed by atoms with van der Waals surface area (Å²) < 4.78 is 19.7. The van der Waals surface area contributed by atoms with Crippen molar-refractivity contribution in [1.29, 1.82) is 0 Å². The first-order valence-electron chi connectivity index (χ1n) is 5.18. The van der Waals surface area contributed by atoms with E-state index >= 15 is 0 Å². The minimum atomic E-state index is -1.76. The summed E-state index contributed by atoms with van der Waals surface area (Å²) in [5.74, 6) is -2.10. The maximum absolute atomic E-state index is 11.8. The highest BCUT2D eigenvalue weighted by Gasteiger charge is 2.54. The second-order valence-corrected chi connectivity index (χ2v) is 3.56. The molecule has 0 N–H and O–H groups in total. The quantitative estimate of drug-likeness (QED) is 0.513. The van der Waals surface area contributed by atoms with Crippen molar-refractivity contribution < 1.29 is 28.5 Å². The van der Waals surface area contributed by atoms with Crippen LogP contribution in [0.15, 0.2) is 12.3 Å². The fourth-order valence-corrected chi connectivity index (χ4v) is 1.64. The summed E-state index contributed by atoms with van der Waals surface area (Å²) in [5, 5.41) is 0. The van der Waals surface area contributed by atoms with Crippen LogP contribution in [0.1, 0.15) is 6.92 Å². The van der Waals surface area contributed by atoms with Crippen LogP contribution in [0, 0.1) is 5.92 Å². The summed E-state index contributed by atoms with van der Waals surface area (Å²) in [7, 11) is 2.39. The van der Waals surface area contributed by atoms with E-state index in [0.29, 0.717) is 0 Å². The third kappa shape index (κ3) is 2.41. The van der Waals surface area contributed by atoms with Crippen molar-refractivity contribution in [2.45, 2.75) is 12.5 Å². The van der Waals surface area contributed by atoms with Crippen LogP contribution in [0.2, 0.25) is 0 Å². The minimum absolute atomic E-state index is 0.0961. The molecule has 0 spiro atoms. The highest BCUT2D eigenvalue weighted by Crippen LogP contribution is 2.28. The first-order valence-corrected chi connectivity index (χ1v) is 5.18. The molecule has 0 amide bonds. The van der Waals surface area contributed by atoms with Gasteiger partial charge in [0.1, 0.15) is 6.61 Å².